The molecule has 1 amide bonds. The van der Waals surface area contributed by atoms with E-state index in [0.29, 0.717) is 29.9 Å². The van der Waals surface area contributed by atoms with Crippen molar-refractivity contribution in [3.63, 3.8) is 0 Å². The van der Waals surface area contributed by atoms with E-state index < -0.39 is 21.2 Å². The van der Waals surface area contributed by atoms with Gasteiger partial charge in [0.05, 0.1) is 21.6 Å². The Kier molecular flexibility index (Phi) is 8.04. The predicted molar refractivity (Wildman–Crippen MR) is 131 cm³/mol. The number of azo groups is 1. The van der Waals surface area contributed by atoms with E-state index in [0.717, 1.165) is 17.7 Å². The van der Waals surface area contributed by atoms with Crippen molar-refractivity contribution >= 4 is 52.0 Å². The number of nitrogens with one attached hydrogen (secondary N) is 2. The van der Waals surface area contributed by atoms with Crippen molar-refractivity contribution in [2.24, 2.45) is 10.2 Å². The minimum Gasteiger partial charge on any atom is -0.381 e. The minimum absolute atomic E-state index is 0.105. The number of amides is 1. The van der Waals surface area contributed by atoms with Crippen LogP contribution in [0.2, 0.25) is 0 Å². The highest BCUT2D eigenvalue weighted by Crippen LogP contribution is 2.41. The average Bonchev–Trinajstić information content (AvgIpc) is 2.82. The number of rotatable bonds is 9. The van der Waals surface area contributed by atoms with Crippen LogP contribution in [0.15, 0.2) is 75.8 Å². The number of nitrogens with zero attached hydrogens (tertiary/aromatic N) is 5. The lowest BCUT2D eigenvalue weighted by Crippen LogP contribution is -2.07. The van der Waals surface area contributed by atoms with Crippen LogP contribution in [0.1, 0.15) is 12.5 Å². The van der Waals surface area contributed by atoms with Crippen molar-refractivity contribution in [3.8, 4) is 0 Å². The Morgan fingerprint density at radius 1 is 1.00 bits per heavy atom. The molecule has 3 aromatic rings. The molecular weight excluding hydrogens is 474 g/mol. The molecule has 0 heterocycles. The minimum atomic E-state index is -0.820. The number of hydrogen-bond donors (Lipinski definition) is 2. The van der Waals surface area contributed by atoms with Crippen LogP contribution in [0.3, 0.4) is 0 Å². The molecule has 0 fully saturated rings. The fraction of sp³-hybridized carbons (Fsp3) is 0.0909. The molecule has 3 rings (SSSR count). The average molecular weight is 491 g/mol. The van der Waals surface area contributed by atoms with Crippen LogP contribution < -0.4 is 10.6 Å². The van der Waals surface area contributed by atoms with Gasteiger partial charge in [-0.1, -0.05) is 30.3 Å². The zero-order chi connectivity index (χ0) is 25.4. The smallest absolute Gasteiger partial charge is 0.303 e. The largest absolute Gasteiger partial charge is 0.381 e. The summed E-state index contributed by atoms with van der Waals surface area (Å²) in [5, 5.41) is 36.5. The van der Waals surface area contributed by atoms with Gasteiger partial charge in [-0.15, -0.1) is 10.2 Å². The zero-order valence-electron chi connectivity index (χ0n) is 18.2. The van der Waals surface area contributed by atoms with E-state index in [4.69, 9.17) is 6.57 Å². The molecular formula is C22H17N7O5S. The topological polar surface area (TPSA) is 156 Å². The van der Waals surface area contributed by atoms with Crippen LogP contribution in [0, 0.1) is 26.8 Å². The van der Waals surface area contributed by atoms with E-state index in [9.17, 15) is 25.0 Å². The number of anilines is 2. The number of benzene rings is 3. The van der Waals surface area contributed by atoms with Crippen LogP contribution in [0.4, 0.5) is 34.1 Å². The molecule has 0 bridgehead atoms. The fourth-order valence-electron chi connectivity index (χ4n) is 2.97. The molecule has 0 aliphatic carbocycles. The molecule has 0 atom stereocenters. The standard InChI is InChI=1S/C22H17N7O5S/c1-14(30)25-18-10-16(24-13-15-6-4-3-5-7-15)8-9-17(18)26-27-19-11-22(35-23-2)21(29(33)34)12-20(19)28(31)32/h3-12,24H,13H2,1H3,(H,25,30). The van der Waals surface area contributed by atoms with Crippen LogP contribution in [-0.2, 0) is 11.3 Å². The number of nitro benzene ring substituents is 2. The zero-order valence-corrected chi connectivity index (χ0v) is 19.0. The molecule has 0 aliphatic rings. The van der Waals surface area contributed by atoms with Gasteiger partial charge in [0.2, 0.25) is 5.91 Å². The molecule has 0 aromatic heterocycles. The highest BCUT2D eigenvalue weighted by Gasteiger charge is 2.27. The maximum atomic E-state index is 11.7. The summed E-state index contributed by atoms with van der Waals surface area (Å²) < 4.78 is 3.04. The molecule has 0 aliphatic heterocycles. The van der Waals surface area contributed by atoms with Gasteiger partial charge in [-0.3, -0.25) is 25.0 Å². The Morgan fingerprint density at radius 2 is 1.69 bits per heavy atom. The second kappa shape index (κ2) is 11.3. The molecule has 0 unspecified atom stereocenters. The number of nitro groups is 2. The maximum Gasteiger partial charge on any atom is 0.303 e. The third-order valence-corrected chi connectivity index (χ3v) is 5.12. The highest BCUT2D eigenvalue weighted by molar-refractivity contribution is 8.01. The van der Waals surface area contributed by atoms with Crippen molar-refractivity contribution in [1.82, 2.24) is 0 Å². The lowest BCUT2D eigenvalue weighted by atomic mass is 10.2. The van der Waals surface area contributed by atoms with Gasteiger partial charge in [0, 0.05) is 25.2 Å². The fourth-order valence-corrected chi connectivity index (χ4v) is 3.46. The first-order valence-electron chi connectivity index (χ1n) is 9.90. The number of hydrogen-bond acceptors (Lipinski definition) is 9. The molecule has 176 valence electrons. The Bertz CT molecular complexity index is 1360. The molecule has 3 aromatic carbocycles. The summed E-state index contributed by atoms with van der Waals surface area (Å²) in [6.07, 6.45) is 0. The Balaban J connectivity index is 1.96. The second-order valence-corrected chi connectivity index (χ2v) is 7.76. The summed E-state index contributed by atoms with van der Waals surface area (Å²) in [6, 6.07) is 16.4. The first kappa shape index (κ1) is 24.8. The van der Waals surface area contributed by atoms with E-state index in [1.165, 1.54) is 6.92 Å². The van der Waals surface area contributed by atoms with Crippen molar-refractivity contribution in [2.75, 3.05) is 10.6 Å². The third kappa shape index (κ3) is 6.59. The van der Waals surface area contributed by atoms with Gasteiger partial charge in [-0.2, -0.15) is 0 Å². The highest BCUT2D eigenvalue weighted by atomic mass is 32.2. The second-order valence-electron chi connectivity index (χ2n) is 6.96. The van der Waals surface area contributed by atoms with E-state index >= 15 is 0 Å². The Morgan fingerprint density at radius 3 is 2.31 bits per heavy atom. The van der Waals surface area contributed by atoms with Gasteiger partial charge in [-0.05, 0) is 23.8 Å². The Hall–Kier alpha value is -4.83. The van der Waals surface area contributed by atoms with Gasteiger partial charge < -0.3 is 10.6 Å². The summed E-state index contributed by atoms with van der Waals surface area (Å²) in [5.41, 5.74) is 0.759. The van der Waals surface area contributed by atoms with Crippen LogP contribution >= 0.6 is 11.9 Å². The lowest BCUT2D eigenvalue weighted by Gasteiger charge is -2.11. The van der Waals surface area contributed by atoms with E-state index in [1.54, 1.807) is 18.2 Å². The summed E-state index contributed by atoms with van der Waals surface area (Å²) in [5.74, 6) is -0.362. The van der Waals surface area contributed by atoms with Crippen LogP contribution in [0.25, 0.3) is 4.25 Å². The molecule has 0 saturated heterocycles. The summed E-state index contributed by atoms with van der Waals surface area (Å²) >= 11 is 0.464. The quantitative estimate of drug-likeness (QED) is 0.115. The monoisotopic (exact) mass is 491 g/mol. The van der Waals surface area contributed by atoms with E-state index in [2.05, 4.69) is 25.1 Å². The molecule has 13 heteroatoms. The molecule has 35 heavy (non-hydrogen) atoms. The summed E-state index contributed by atoms with van der Waals surface area (Å²) in [7, 11) is 0. The van der Waals surface area contributed by atoms with Gasteiger partial charge in [0.1, 0.15) is 5.69 Å². The molecule has 12 nitrogen and oxygen atoms in total. The molecule has 0 spiro atoms. The number of carbonyl (C=O) groups excluding carboxylic acids is 1. The van der Waals surface area contributed by atoms with Crippen molar-refractivity contribution in [2.45, 2.75) is 18.4 Å². The summed E-state index contributed by atoms with van der Waals surface area (Å²) in [6.45, 7) is 8.82. The van der Waals surface area contributed by atoms with Gasteiger partial charge in [0.25, 0.3) is 5.69 Å². The van der Waals surface area contributed by atoms with Crippen LogP contribution in [0.5, 0.6) is 0 Å². The van der Waals surface area contributed by atoms with Gasteiger partial charge in [0.15, 0.2) is 10.6 Å². The third-order valence-electron chi connectivity index (χ3n) is 4.51. The van der Waals surface area contributed by atoms with Crippen LogP contribution in [-0.4, -0.2) is 15.8 Å². The first-order valence-corrected chi connectivity index (χ1v) is 10.7. The normalized spacial score (nSPS) is 10.5. The SMILES string of the molecule is [C-]#[N+]Sc1cc(N=Nc2ccc(NCc3ccccc3)cc2NC(C)=O)c([N+](=O)[O-])cc1[N+](=O)[O-]. The molecule has 2 N–H and O–H groups in total. The van der Waals surface area contributed by atoms with Gasteiger partial charge in [-0.25, -0.2) is 10.8 Å². The molecule has 0 saturated carbocycles. The maximum absolute atomic E-state index is 11.7. The first-order chi connectivity index (χ1) is 16.8. The summed E-state index contributed by atoms with van der Waals surface area (Å²) in [4.78, 5) is 32.7. The van der Waals surface area contributed by atoms with Crippen molar-refractivity contribution in [3.05, 3.63) is 97.3 Å². The Labute approximate surface area is 203 Å². The predicted octanol–water partition coefficient (Wildman–Crippen LogP) is 6.42. The van der Waals surface area contributed by atoms with Crippen molar-refractivity contribution < 1.29 is 14.6 Å². The molecule has 0 radical (unpaired) electrons. The van der Waals surface area contributed by atoms with E-state index in [-0.39, 0.29) is 22.2 Å². The number of carbonyl (C=O) groups is 1. The van der Waals surface area contributed by atoms with E-state index in [1.807, 2.05) is 30.3 Å². The van der Waals surface area contributed by atoms with Crippen molar-refractivity contribution in [1.29, 1.82) is 0 Å². The van der Waals surface area contributed by atoms with Gasteiger partial charge >= 0.3 is 17.6 Å². The lowest BCUT2D eigenvalue weighted by molar-refractivity contribution is -0.395.